The Labute approximate surface area is 115 Å². The van der Waals surface area contributed by atoms with Gasteiger partial charge in [0.2, 0.25) is 0 Å². The molecular formula is C15H22ClNO. The van der Waals surface area contributed by atoms with Crippen LogP contribution < -0.4 is 10.1 Å². The van der Waals surface area contributed by atoms with E-state index in [1.54, 1.807) is 0 Å². The molecule has 2 atom stereocenters. The summed E-state index contributed by atoms with van der Waals surface area (Å²) in [5.74, 6) is 2.03. The van der Waals surface area contributed by atoms with Crippen molar-refractivity contribution in [3.63, 3.8) is 0 Å². The van der Waals surface area contributed by atoms with Gasteiger partial charge in [0.15, 0.2) is 0 Å². The number of ether oxygens (including phenoxy) is 1. The van der Waals surface area contributed by atoms with Crippen molar-refractivity contribution in [3.05, 3.63) is 28.8 Å². The van der Waals surface area contributed by atoms with Crippen molar-refractivity contribution in [2.24, 2.45) is 11.8 Å². The SMILES string of the molecule is Cc1c(Cl)cccc1OC(C(C)C)C1CCNC1. The third-order valence-electron chi connectivity index (χ3n) is 3.70. The van der Waals surface area contributed by atoms with Gasteiger partial charge in [0.05, 0.1) is 0 Å². The predicted octanol–water partition coefficient (Wildman–Crippen LogP) is 3.66. The maximum absolute atomic E-state index is 6.25. The molecule has 1 aromatic carbocycles. The van der Waals surface area contributed by atoms with Crippen LogP contribution >= 0.6 is 11.6 Å². The Hall–Kier alpha value is -0.730. The van der Waals surface area contributed by atoms with Crippen LogP contribution in [0.5, 0.6) is 5.75 Å². The zero-order valence-corrected chi connectivity index (χ0v) is 12.1. The predicted molar refractivity (Wildman–Crippen MR) is 76.4 cm³/mol. The van der Waals surface area contributed by atoms with Crippen LogP contribution in [0.15, 0.2) is 18.2 Å². The molecule has 100 valence electrons. The minimum atomic E-state index is 0.261. The molecule has 1 fully saturated rings. The third-order valence-corrected chi connectivity index (χ3v) is 4.11. The average molecular weight is 268 g/mol. The number of benzene rings is 1. The van der Waals surface area contributed by atoms with E-state index in [1.165, 1.54) is 6.42 Å². The molecule has 0 radical (unpaired) electrons. The van der Waals surface area contributed by atoms with E-state index in [-0.39, 0.29) is 6.10 Å². The molecule has 1 N–H and O–H groups in total. The summed E-state index contributed by atoms with van der Waals surface area (Å²) in [7, 11) is 0. The van der Waals surface area contributed by atoms with E-state index in [1.807, 2.05) is 25.1 Å². The first-order valence-corrected chi connectivity index (χ1v) is 7.10. The monoisotopic (exact) mass is 267 g/mol. The zero-order chi connectivity index (χ0) is 13.1. The third kappa shape index (κ3) is 2.99. The van der Waals surface area contributed by atoms with Gasteiger partial charge in [-0.2, -0.15) is 0 Å². The summed E-state index contributed by atoms with van der Waals surface area (Å²) in [5, 5.41) is 4.19. The van der Waals surface area contributed by atoms with Gasteiger partial charge in [-0.25, -0.2) is 0 Å². The van der Waals surface area contributed by atoms with Crippen LogP contribution in [0.25, 0.3) is 0 Å². The molecule has 0 amide bonds. The summed E-state index contributed by atoms with van der Waals surface area (Å²) in [6.07, 6.45) is 1.46. The zero-order valence-electron chi connectivity index (χ0n) is 11.4. The summed E-state index contributed by atoms with van der Waals surface area (Å²) >= 11 is 6.14. The van der Waals surface area contributed by atoms with Gasteiger partial charge < -0.3 is 10.1 Å². The second-order valence-corrected chi connectivity index (χ2v) is 5.85. The molecule has 0 aromatic heterocycles. The number of rotatable bonds is 4. The van der Waals surface area contributed by atoms with Crippen molar-refractivity contribution in [2.75, 3.05) is 13.1 Å². The molecule has 1 saturated heterocycles. The smallest absolute Gasteiger partial charge is 0.124 e. The fraction of sp³-hybridized carbons (Fsp3) is 0.600. The van der Waals surface area contributed by atoms with Crippen LogP contribution in [0.2, 0.25) is 5.02 Å². The molecule has 0 aliphatic carbocycles. The Morgan fingerprint density at radius 3 is 2.78 bits per heavy atom. The molecule has 2 unspecified atom stereocenters. The van der Waals surface area contributed by atoms with Gasteiger partial charge in [-0.05, 0) is 37.9 Å². The highest BCUT2D eigenvalue weighted by Crippen LogP contribution is 2.30. The Morgan fingerprint density at radius 1 is 1.39 bits per heavy atom. The molecule has 1 heterocycles. The molecule has 2 rings (SSSR count). The van der Waals surface area contributed by atoms with Gasteiger partial charge in [0.25, 0.3) is 0 Å². The van der Waals surface area contributed by atoms with E-state index in [9.17, 15) is 0 Å². The van der Waals surface area contributed by atoms with Gasteiger partial charge in [0.1, 0.15) is 11.9 Å². The van der Waals surface area contributed by atoms with Crippen molar-refractivity contribution in [2.45, 2.75) is 33.3 Å². The van der Waals surface area contributed by atoms with Crippen LogP contribution in [0.4, 0.5) is 0 Å². The summed E-state index contributed by atoms with van der Waals surface area (Å²) < 4.78 is 6.25. The molecule has 0 spiro atoms. The van der Waals surface area contributed by atoms with Gasteiger partial charge in [0, 0.05) is 23.0 Å². The summed E-state index contributed by atoms with van der Waals surface area (Å²) in [4.78, 5) is 0. The molecule has 0 saturated carbocycles. The van der Waals surface area contributed by atoms with Crippen LogP contribution in [-0.4, -0.2) is 19.2 Å². The molecule has 0 bridgehead atoms. The van der Waals surface area contributed by atoms with Crippen LogP contribution in [0.1, 0.15) is 25.8 Å². The average Bonchev–Trinajstić information content (AvgIpc) is 2.84. The lowest BCUT2D eigenvalue weighted by Crippen LogP contribution is -2.33. The summed E-state index contributed by atoms with van der Waals surface area (Å²) in [6.45, 7) is 8.63. The Kier molecular flexibility index (Phi) is 4.52. The van der Waals surface area contributed by atoms with E-state index in [2.05, 4.69) is 19.2 Å². The van der Waals surface area contributed by atoms with Crippen molar-refractivity contribution in [3.8, 4) is 5.75 Å². The van der Waals surface area contributed by atoms with Gasteiger partial charge in [-0.1, -0.05) is 31.5 Å². The second-order valence-electron chi connectivity index (χ2n) is 5.44. The first kappa shape index (κ1) is 13.7. The maximum Gasteiger partial charge on any atom is 0.124 e. The van der Waals surface area contributed by atoms with Crippen LogP contribution in [-0.2, 0) is 0 Å². The maximum atomic E-state index is 6.25. The number of hydrogen-bond acceptors (Lipinski definition) is 2. The summed E-state index contributed by atoms with van der Waals surface area (Å²) in [5.41, 5.74) is 1.04. The minimum Gasteiger partial charge on any atom is -0.489 e. The fourth-order valence-electron chi connectivity index (χ4n) is 2.60. The summed E-state index contributed by atoms with van der Waals surface area (Å²) in [6, 6.07) is 5.87. The van der Waals surface area contributed by atoms with E-state index < -0.39 is 0 Å². The molecule has 1 aliphatic heterocycles. The largest absolute Gasteiger partial charge is 0.489 e. The second kappa shape index (κ2) is 5.94. The molecule has 18 heavy (non-hydrogen) atoms. The van der Waals surface area contributed by atoms with E-state index in [0.29, 0.717) is 11.8 Å². The van der Waals surface area contributed by atoms with Gasteiger partial charge >= 0.3 is 0 Å². The van der Waals surface area contributed by atoms with E-state index >= 15 is 0 Å². The standard InChI is InChI=1S/C15H22ClNO/c1-10(2)15(12-7-8-17-9-12)18-14-6-4-5-13(16)11(14)3/h4-6,10,12,15,17H,7-9H2,1-3H3. The normalized spacial score (nSPS) is 21.3. The van der Waals surface area contributed by atoms with E-state index in [0.717, 1.165) is 29.4 Å². The number of hydrogen-bond donors (Lipinski definition) is 1. The minimum absolute atomic E-state index is 0.261. The lowest BCUT2D eigenvalue weighted by atomic mass is 9.92. The van der Waals surface area contributed by atoms with Crippen molar-refractivity contribution < 1.29 is 4.74 Å². The molecule has 3 heteroatoms. The Bertz CT molecular complexity index is 399. The quantitative estimate of drug-likeness (QED) is 0.899. The molecule has 2 nitrogen and oxygen atoms in total. The van der Waals surface area contributed by atoms with Gasteiger partial charge in [-0.3, -0.25) is 0 Å². The van der Waals surface area contributed by atoms with Crippen molar-refractivity contribution in [1.29, 1.82) is 0 Å². The first-order valence-electron chi connectivity index (χ1n) is 6.72. The fourth-order valence-corrected chi connectivity index (χ4v) is 2.76. The Morgan fingerprint density at radius 2 is 2.17 bits per heavy atom. The van der Waals surface area contributed by atoms with Crippen LogP contribution in [0.3, 0.4) is 0 Å². The molecular weight excluding hydrogens is 246 g/mol. The topological polar surface area (TPSA) is 21.3 Å². The van der Waals surface area contributed by atoms with E-state index in [4.69, 9.17) is 16.3 Å². The highest BCUT2D eigenvalue weighted by Gasteiger charge is 2.29. The number of nitrogens with one attached hydrogen (secondary N) is 1. The Balaban J connectivity index is 2.15. The molecule has 1 aromatic rings. The highest BCUT2D eigenvalue weighted by molar-refractivity contribution is 6.31. The first-order chi connectivity index (χ1) is 8.59. The van der Waals surface area contributed by atoms with Gasteiger partial charge in [-0.15, -0.1) is 0 Å². The lowest BCUT2D eigenvalue weighted by molar-refractivity contribution is 0.0966. The molecule has 1 aliphatic rings. The lowest BCUT2D eigenvalue weighted by Gasteiger charge is -2.28. The number of halogens is 1. The van der Waals surface area contributed by atoms with Crippen molar-refractivity contribution >= 4 is 11.6 Å². The van der Waals surface area contributed by atoms with Crippen molar-refractivity contribution in [1.82, 2.24) is 5.32 Å². The van der Waals surface area contributed by atoms with Crippen LogP contribution in [0, 0.1) is 18.8 Å². The highest BCUT2D eigenvalue weighted by atomic mass is 35.5.